The number of hydrogen-bond acceptors (Lipinski definition) is 2. The number of unbranched alkanes of at least 4 members (excludes halogenated alkanes) is 5. The van der Waals surface area contributed by atoms with Crippen LogP contribution in [0.2, 0.25) is 0 Å². The first-order valence-electron chi connectivity index (χ1n) is 13.2. The standard InChI is InChI=1S/C30H40FN3O2/c1-4-5-19-32(3)30(36)16-12-7-6-8-13-20-34(24(2)35)29-23-33(22-25-14-10-9-11-15-25)28-18-17-26(31)21-27(28)29/h9-11,14-15,17-18,21,23H,4-8,12-13,16,19-20,22H2,1-3H3. The van der Waals surface area contributed by atoms with Crippen LogP contribution in [0.1, 0.15) is 70.8 Å². The molecule has 5 nitrogen and oxygen atoms in total. The highest BCUT2D eigenvalue weighted by Gasteiger charge is 2.19. The van der Waals surface area contributed by atoms with Crippen molar-refractivity contribution in [3.05, 3.63) is 66.1 Å². The first kappa shape index (κ1) is 27.4. The molecule has 0 spiro atoms. The van der Waals surface area contributed by atoms with E-state index in [2.05, 4.69) is 23.6 Å². The van der Waals surface area contributed by atoms with Crippen LogP contribution in [0, 0.1) is 5.82 Å². The lowest BCUT2D eigenvalue weighted by atomic mass is 10.1. The summed E-state index contributed by atoms with van der Waals surface area (Å²) in [6, 6.07) is 14.9. The Morgan fingerprint density at radius 1 is 0.917 bits per heavy atom. The third-order valence-electron chi connectivity index (χ3n) is 6.73. The molecule has 1 heterocycles. The van der Waals surface area contributed by atoms with E-state index in [4.69, 9.17) is 0 Å². The van der Waals surface area contributed by atoms with E-state index < -0.39 is 0 Å². The molecule has 36 heavy (non-hydrogen) atoms. The molecule has 0 saturated heterocycles. The molecule has 3 rings (SSSR count). The quantitative estimate of drug-likeness (QED) is 0.232. The number of amides is 2. The number of anilines is 1. The van der Waals surface area contributed by atoms with E-state index in [1.54, 1.807) is 17.9 Å². The number of benzene rings is 2. The zero-order valence-electron chi connectivity index (χ0n) is 22.0. The van der Waals surface area contributed by atoms with Crippen LogP contribution in [0.3, 0.4) is 0 Å². The Morgan fingerprint density at radius 2 is 1.64 bits per heavy atom. The van der Waals surface area contributed by atoms with Crippen LogP contribution in [0.4, 0.5) is 10.1 Å². The third-order valence-corrected chi connectivity index (χ3v) is 6.73. The maximum atomic E-state index is 14.2. The number of halogens is 1. The summed E-state index contributed by atoms with van der Waals surface area (Å²) in [6.45, 7) is 5.78. The Bertz CT molecular complexity index is 1130. The van der Waals surface area contributed by atoms with Gasteiger partial charge < -0.3 is 14.4 Å². The summed E-state index contributed by atoms with van der Waals surface area (Å²) in [7, 11) is 1.89. The first-order valence-corrected chi connectivity index (χ1v) is 13.2. The van der Waals surface area contributed by atoms with Gasteiger partial charge >= 0.3 is 0 Å². The Kier molecular flexibility index (Phi) is 10.5. The molecular weight excluding hydrogens is 453 g/mol. The van der Waals surface area contributed by atoms with Gasteiger partial charge in [0.15, 0.2) is 0 Å². The number of rotatable bonds is 14. The van der Waals surface area contributed by atoms with Crippen molar-refractivity contribution in [2.24, 2.45) is 0 Å². The van der Waals surface area contributed by atoms with Gasteiger partial charge in [0, 0.05) is 51.6 Å². The SMILES string of the molecule is CCCCN(C)C(=O)CCCCCCCN(C(C)=O)c1cn(Cc2ccccc2)c2ccc(F)cc12. The van der Waals surface area contributed by atoms with Crippen molar-refractivity contribution in [3.63, 3.8) is 0 Å². The highest BCUT2D eigenvalue weighted by atomic mass is 19.1. The second-order valence-corrected chi connectivity index (χ2v) is 9.65. The summed E-state index contributed by atoms with van der Waals surface area (Å²) < 4.78 is 16.3. The van der Waals surface area contributed by atoms with E-state index in [0.29, 0.717) is 19.5 Å². The molecule has 2 aromatic carbocycles. The Hall–Kier alpha value is -3.15. The minimum atomic E-state index is -0.306. The predicted molar refractivity (Wildman–Crippen MR) is 146 cm³/mol. The minimum absolute atomic E-state index is 0.0428. The van der Waals surface area contributed by atoms with E-state index in [1.165, 1.54) is 12.1 Å². The zero-order chi connectivity index (χ0) is 25.9. The number of nitrogens with zero attached hydrogens (tertiary/aromatic N) is 3. The molecule has 0 unspecified atom stereocenters. The number of carbonyl (C=O) groups is 2. The van der Waals surface area contributed by atoms with Crippen LogP contribution in [-0.2, 0) is 16.1 Å². The first-order chi connectivity index (χ1) is 17.4. The van der Waals surface area contributed by atoms with Crippen LogP contribution in [0.25, 0.3) is 10.9 Å². The molecule has 0 bridgehead atoms. The predicted octanol–water partition coefficient (Wildman–Crippen LogP) is 6.78. The molecule has 194 valence electrons. The van der Waals surface area contributed by atoms with Gasteiger partial charge in [-0.3, -0.25) is 9.59 Å². The van der Waals surface area contributed by atoms with Crippen molar-refractivity contribution in [2.45, 2.75) is 71.8 Å². The van der Waals surface area contributed by atoms with Gasteiger partial charge in [0.2, 0.25) is 11.8 Å². The lowest BCUT2D eigenvalue weighted by Gasteiger charge is -2.20. The average molecular weight is 494 g/mol. The molecule has 3 aromatic rings. The number of fused-ring (bicyclic) bond motifs is 1. The molecule has 0 fully saturated rings. The van der Waals surface area contributed by atoms with E-state index >= 15 is 0 Å². The summed E-state index contributed by atoms with van der Waals surface area (Å²) in [5.41, 5.74) is 2.82. The second-order valence-electron chi connectivity index (χ2n) is 9.65. The highest BCUT2D eigenvalue weighted by molar-refractivity contribution is 6.02. The molecule has 0 radical (unpaired) electrons. The van der Waals surface area contributed by atoms with E-state index in [9.17, 15) is 14.0 Å². The second kappa shape index (κ2) is 13.8. The lowest BCUT2D eigenvalue weighted by Crippen LogP contribution is -2.29. The molecule has 2 amide bonds. The van der Waals surface area contributed by atoms with Gasteiger partial charge in [0.1, 0.15) is 5.82 Å². The fourth-order valence-electron chi connectivity index (χ4n) is 4.61. The van der Waals surface area contributed by atoms with Crippen LogP contribution < -0.4 is 4.90 Å². The molecular formula is C30H40FN3O2. The highest BCUT2D eigenvalue weighted by Crippen LogP contribution is 2.31. The Labute approximate surface area is 214 Å². The third kappa shape index (κ3) is 7.67. The number of carbonyl (C=O) groups excluding carboxylic acids is 2. The van der Waals surface area contributed by atoms with Crippen molar-refractivity contribution in [3.8, 4) is 0 Å². The van der Waals surface area contributed by atoms with Crippen molar-refractivity contribution in [1.82, 2.24) is 9.47 Å². The monoisotopic (exact) mass is 493 g/mol. The molecule has 0 aliphatic heterocycles. The smallest absolute Gasteiger partial charge is 0.223 e. The van der Waals surface area contributed by atoms with Gasteiger partial charge in [-0.25, -0.2) is 4.39 Å². The summed E-state index contributed by atoms with van der Waals surface area (Å²) in [4.78, 5) is 28.4. The topological polar surface area (TPSA) is 45.6 Å². The van der Waals surface area contributed by atoms with Crippen molar-refractivity contribution < 1.29 is 14.0 Å². The van der Waals surface area contributed by atoms with Gasteiger partial charge in [0.25, 0.3) is 0 Å². The van der Waals surface area contributed by atoms with Crippen molar-refractivity contribution >= 4 is 28.4 Å². The summed E-state index contributed by atoms with van der Waals surface area (Å²) in [5.74, 6) is -0.122. The van der Waals surface area contributed by atoms with Crippen LogP contribution in [-0.4, -0.2) is 41.4 Å². The van der Waals surface area contributed by atoms with E-state index in [1.807, 2.05) is 36.3 Å². The fourth-order valence-corrected chi connectivity index (χ4v) is 4.61. The van der Waals surface area contributed by atoms with Crippen molar-refractivity contribution in [1.29, 1.82) is 0 Å². The number of aromatic nitrogens is 1. The van der Waals surface area contributed by atoms with E-state index in [0.717, 1.165) is 73.6 Å². The largest absolute Gasteiger partial charge is 0.346 e. The van der Waals surface area contributed by atoms with Gasteiger partial charge in [0.05, 0.1) is 11.2 Å². The molecule has 0 aliphatic rings. The molecule has 0 aliphatic carbocycles. The maximum absolute atomic E-state index is 14.2. The molecule has 1 aromatic heterocycles. The lowest BCUT2D eigenvalue weighted by molar-refractivity contribution is -0.130. The molecule has 0 saturated carbocycles. The normalized spacial score (nSPS) is 11.1. The average Bonchev–Trinajstić information content (AvgIpc) is 3.21. The molecule has 0 atom stereocenters. The van der Waals surface area contributed by atoms with Gasteiger partial charge in [-0.2, -0.15) is 0 Å². The van der Waals surface area contributed by atoms with Crippen LogP contribution in [0.15, 0.2) is 54.7 Å². The maximum Gasteiger partial charge on any atom is 0.223 e. The Balaban J connectivity index is 1.57. The van der Waals surface area contributed by atoms with Gasteiger partial charge in [-0.1, -0.05) is 62.9 Å². The number of hydrogen-bond donors (Lipinski definition) is 0. The van der Waals surface area contributed by atoms with Gasteiger partial charge in [-0.05, 0) is 43.0 Å². The Morgan fingerprint density at radius 3 is 2.36 bits per heavy atom. The minimum Gasteiger partial charge on any atom is -0.346 e. The zero-order valence-corrected chi connectivity index (χ0v) is 22.0. The van der Waals surface area contributed by atoms with Gasteiger partial charge in [-0.15, -0.1) is 0 Å². The summed E-state index contributed by atoms with van der Waals surface area (Å²) in [6.07, 6.45) is 9.51. The van der Waals surface area contributed by atoms with E-state index in [-0.39, 0.29) is 17.6 Å². The van der Waals surface area contributed by atoms with Crippen molar-refractivity contribution in [2.75, 3.05) is 25.0 Å². The fraction of sp³-hybridized carbons (Fsp3) is 0.467. The summed E-state index contributed by atoms with van der Waals surface area (Å²) in [5, 5.41) is 0.756. The van der Waals surface area contributed by atoms with Crippen LogP contribution >= 0.6 is 0 Å². The molecule has 6 heteroatoms. The van der Waals surface area contributed by atoms with Crippen LogP contribution in [0.5, 0.6) is 0 Å². The summed E-state index contributed by atoms with van der Waals surface area (Å²) >= 11 is 0. The molecule has 0 N–H and O–H groups in total.